The molecule has 0 spiro atoms. The first-order valence-corrected chi connectivity index (χ1v) is 4.87. The molecular formula is C13H23K. The Kier molecular flexibility index (Phi) is 7.51. The van der Waals surface area contributed by atoms with Crippen molar-refractivity contribution < 1.29 is 51.4 Å². The van der Waals surface area contributed by atoms with Gasteiger partial charge in [0.15, 0.2) is 0 Å². The van der Waals surface area contributed by atoms with Crippen molar-refractivity contribution in [2.75, 3.05) is 0 Å². The Morgan fingerprint density at radius 3 is 1.50 bits per heavy atom. The van der Waals surface area contributed by atoms with Crippen LogP contribution in [0.3, 0.4) is 0 Å². The van der Waals surface area contributed by atoms with E-state index in [4.69, 9.17) is 6.58 Å². The molecule has 0 unspecified atom stereocenters. The molecule has 1 heteroatoms. The van der Waals surface area contributed by atoms with E-state index in [0.29, 0.717) is 0 Å². The maximum atomic E-state index is 5.99. The Morgan fingerprint density at radius 1 is 0.929 bits per heavy atom. The molecule has 0 aliphatic heterocycles. The molecule has 0 saturated carbocycles. The normalized spacial score (nSPS) is 13.5. The summed E-state index contributed by atoms with van der Waals surface area (Å²) in [5.41, 5.74) is 2.59. The Morgan fingerprint density at radius 2 is 1.29 bits per heavy atom. The van der Waals surface area contributed by atoms with Crippen LogP contribution in [0.2, 0.25) is 0 Å². The maximum absolute atomic E-state index is 5.99. The fourth-order valence-electron chi connectivity index (χ4n) is 0.666. The van der Waals surface area contributed by atoms with E-state index in [1.165, 1.54) is 5.57 Å². The zero-order chi connectivity index (χ0) is 10.9. The van der Waals surface area contributed by atoms with Gasteiger partial charge < -0.3 is 0 Å². The summed E-state index contributed by atoms with van der Waals surface area (Å²) in [5.74, 6) is 0. The number of rotatable bonds is 1. The van der Waals surface area contributed by atoms with E-state index in [0.717, 1.165) is 5.57 Å². The van der Waals surface area contributed by atoms with E-state index in [1.54, 1.807) is 0 Å². The van der Waals surface area contributed by atoms with Gasteiger partial charge in [0, 0.05) is 0 Å². The van der Waals surface area contributed by atoms with E-state index in [9.17, 15) is 0 Å². The molecule has 0 rings (SSSR count). The molecule has 0 amide bonds. The number of allylic oxidation sites excluding steroid dienone is 3. The predicted molar refractivity (Wildman–Crippen MR) is 60.5 cm³/mol. The fraction of sp³-hybridized carbons (Fsp3) is 0.692. The molecule has 14 heavy (non-hydrogen) atoms. The van der Waals surface area contributed by atoms with Crippen molar-refractivity contribution in [3.8, 4) is 0 Å². The van der Waals surface area contributed by atoms with Gasteiger partial charge in [-0.25, -0.2) is 11.6 Å². The third-order valence-electron chi connectivity index (χ3n) is 2.42. The second-order valence-electron chi connectivity index (χ2n) is 5.78. The van der Waals surface area contributed by atoms with E-state index in [1.807, 2.05) is 0 Å². The summed E-state index contributed by atoms with van der Waals surface area (Å²) < 4.78 is 0. The summed E-state index contributed by atoms with van der Waals surface area (Å²) in [6.45, 7) is 21.1. The minimum Gasteiger partial charge on any atom is -0.289 e. The van der Waals surface area contributed by atoms with Crippen LogP contribution in [0.4, 0.5) is 0 Å². The molecular weight excluding hydrogens is 195 g/mol. The van der Waals surface area contributed by atoms with Crippen molar-refractivity contribution in [1.82, 2.24) is 0 Å². The van der Waals surface area contributed by atoms with Crippen LogP contribution in [0.15, 0.2) is 17.2 Å². The molecule has 0 radical (unpaired) electrons. The summed E-state index contributed by atoms with van der Waals surface area (Å²) in [6.07, 6.45) is 2.11. The van der Waals surface area contributed by atoms with Gasteiger partial charge in [-0.1, -0.05) is 48.5 Å². The topological polar surface area (TPSA) is 0 Å². The Labute approximate surface area is 133 Å². The molecule has 0 heterocycles. The van der Waals surface area contributed by atoms with Crippen LogP contribution >= 0.6 is 0 Å². The van der Waals surface area contributed by atoms with Gasteiger partial charge in [0.05, 0.1) is 0 Å². The second kappa shape index (κ2) is 6.00. The van der Waals surface area contributed by atoms with Gasteiger partial charge >= 0.3 is 51.4 Å². The molecule has 0 bridgehead atoms. The molecule has 0 saturated heterocycles. The van der Waals surface area contributed by atoms with Crippen LogP contribution < -0.4 is 51.4 Å². The van der Waals surface area contributed by atoms with Gasteiger partial charge in [-0.2, -0.15) is 0 Å². The quantitative estimate of drug-likeness (QED) is 0.354. The predicted octanol–water partition coefficient (Wildman–Crippen LogP) is 1.39. The molecule has 0 aromatic carbocycles. The third kappa shape index (κ3) is 6.57. The van der Waals surface area contributed by atoms with Crippen LogP contribution in [0.1, 0.15) is 48.5 Å². The first-order chi connectivity index (χ1) is 5.55. The van der Waals surface area contributed by atoms with Gasteiger partial charge in [0.25, 0.3) is 0 Å². The number of hydrogen-bond donors (Lipinski definition) is 0. The summed E-state index contributed by atoms with van der Waals surface area (Å²) >= 11 is 0. The molecule has 0 N–H and O–H groups in total. The van der Waals surface area contributed by atoms with Crippen LogP contribution in [0, 0.1) is 17.4 Å². The monoisotopic (exact) mass is 218 g/mol. The zero-order valence-corrected chi connectivity index (χ0v) is 14.3. The molecule has 0 aliphatic carbocycles. The van der Waals surface area contributed by atoms with E-state index >= 15 is 0 Å². The number of hydrogen-bond acceptors (Lipinski definition) is 0. The summed E-state index contributed by atoms with van der Waals surface area (Å²) in [4.78, 5) is 0. The van der Waals surface area contributed by atoms with Crippen molar-refractivity contribution in [1.29, 1.82) is 0 Å². The standard InChI is InChI=1S/C13H23.K/c1-10(12(3,4)5)9-11(2)13(6,7)8;/h1,9H,2-8H3;/q-1;+1. The molecule has 0 atom stereocenters. The first kappa shape index (κ1) is 17.5. The summed E-state index contributed by atoms with van der Waals surface area (Å²) in [5, 5.41) is 0. The SMILES string of the molecule is [CH-]=C(C=C(C)C(C)(C)C)C(C)(C)C.[K+]. The van der Waals surface area contributed by atoms with Crippen LogP contribution in [-0.2, 0) is 0 Å². The van der Waals surface area contributed by atoms with Gasteiger partial charge in [0.1, 0.15) is 0 Å². The molecule has 0 aliphatic rings. The van der Waals surface area contributed by atoms with Crippen molar-refractivity contribution >= 4 is 0 Å². The van der Waals surface area contributed by atoms with Crippen LogP contribution in [0.25, 0.3) is 0 Å². The zero-order valence-electron chi connectivity index (χ0n) is 11.2. The van der Waals surface area contributed by atoms with Gasteiger partial charge in [-0.05, 0) is 10.8 Å². The molecule has 0 nitrogen and oxygen atoms in total. The minimum absolute atomic E-state index is 0. The van der Waals surface area contributed by atoms with Crippen molar-refractivity contribution in [2.45, 2.75) is 48.5 Å². The smallest absolute Gasteiger partial charge is 0.289 e. The second-order valence-corrected chi connectivity index (χ2v) is 5.78. The minimum atomic E-state index is 0. The van der Waals surface area contributed by atoms with E-state index in [-0.39, 0.29) is 62.2 Å². The van der Waals surface area contributed by atoms with Crippen LogP contribution in [-0.4, -0.2) is 0 Å². The van der Waals surface area contributed by atoms with Crippen molar-refractivity contribution in [3.05, 3.63) is 23.8 Å². The largest absolute Gasteiger partial charge is 1.00 e. The molecule has 76 valence electrons. The van der Waals surface area contributed by atoms with Crippen molar-refractivity contribution in [2.24, 2.45) is 10.8 Å². The molecule has 0 aromatic heterocycles. The summed E-state index contributed by atoms with van der Waals surface area (Å²) in [7, 11) is 0. The van der Waals surface area contributed by atoms with Crippen molar-refractivity contribution in [3.63, 3.8) is 0 Å². The fourth-order valence-corrected chi connectivity index (χ4v) is 0.666. The Bertz CT molecular complexity index is 221. The van der Waals surface area contributed by atoms with E-state index < -0.39 is 0 Å². The molecule has 0 aromatic rings. The Hall–Kier alpha value is 1.12. The van der Waals surface area contributed by atoms with E-state index in [2.05, 4.69) is 54.5 Å². The summed E-state index contributed by atoms with van der Waals surface area (Å²) in [6, 6.07) is 0. The van der Waals surface area contributed by atoms with Crippen LogP contribution in [0.5, 0.6) is 0 Å². The van der Waals surface area contributed by atoms with Gasteiger partial charge in [-0.3, -0.25) is 6.58 Å². The third-order valence-corrected chi connectivity index (χ3v) is 2.42. The van der Waals surface area contributed by atoms with Gasteiger partial charge in [-0.15, -0.1) is 5.57 Å². The average Bonchev–Trinajstić information content (AvgIpc) is 1.82. The maximum Gasteiger partial charge on any atom is 1.00 e. The first-order valence-electron chi connectivity index (χ1n) is 4.87. The Balaban J connectivity index is 0. The molecule has 0 fully saturated rings. The van der Waals surface area contributed by atoms with Gasteiger partial charge in [0.2, 0.25) is 0 Å². The average molecular weight is 218 g/mol.